The lowest BCUT2D eigenvalue weighted by molar-refractivity contribution is 0.386. The maximum atomic E-state index is 13.6. The van der Waals surface area contributed by atoms with Gasteiger partial charge in [0.1, 0.15) is 0 Å². The summed E-state index contributed by atoms with van der Waals surface area (Å²) in [7, 11) is -2.05. The van der Waals surface area contributed by atoms with Crippen LogP contribution < -0.4 is 15.8 Å². The molecule has 21 heavy (non-hydrogen) atoms. The van der Waals surface area contributed by atoms with Gasteiger partial charge in [0.15, 0.2) is 21.4 Å². The van der Waals surface area contributed by atoms with Gasteiger partial charge in [-0.15, -0.1) is 0 Å². The third kappa shape index (κ3) is 3.25. The zero-order valence-corrected chi connectivity index (χ0v) is 12.4. The molecule has 0 saturated heterocycles. The maximum absolute atomic E-state index is 13.6. The van der Waals surface area contributed by atoms with Crippen molar-refractivity contribution in [3.63, 3.8) is 0 Å². The molecule has 0 spiro atoms. The van der Waals surface area contributed by atoms with Crippen LogP contribution in [0.3, 0.4) is 0 Å². The Kier molecular flexibility index (Phi) is 4.04. The lowest BCUT2D eigenvalue weighted by atomic mass is 10.2. The van der Waals surface area contributed by atoms with Gasteiger partial charge in [0.25, 0.3) is 0 Å². The van der Waals surface area contributed by atoms with E-state index in [1.165, 1.54) is 25.3 Å². The van der Waals surface area contributed by atoms with E-state index in [-0.39, 0.29) is 16.3 Å². The Balaban J connectivity index is 2.39. The summed E-state index contributed by atoms with van der Waals surface area (Å²) >= 11 is 0. The summed E-state index contributed by atoms with van der Waals surface area (Å²) in [6, 6.07) is 8.92. The number of benzene rings is 2. The van der Waals surface area contributed by atoms with Crippen molar-refractivity contribution < 1.29 is 17.5 Å². The number of hydrogen-bond donors (Lipinski definition) is 2. The third-order valence-electron chi connectivity index (χ3n) is 2.90. The molecule has 0 bridgehead atoms. The van der Waals surface area contributed by atoms with Gasteiger partial charge in [0.05, 0.1) is 23.4 Å². The Labute approximate surface area is 122 Å². The van der Waals surface area contributed by atoms with Gasteiger partial charge in [-0.1, -0.05) is 6.07 Å². The Morgan fingerprint density at radius 2 is 1.95 bits per heavy atom. The number of sulfone groups is 1. The van der Waals surface area contributed by atoms with E-state index in [4.69, 9.17) is 10.5 Å². The van der Waals surface area contributed by atoms with E-state index < -0.39 is 15.7 Å². The highest BCUT2D eigenvalue weighted by molar-refractivity contribution is 7.90. The first-order chi connectivity index (χ1) is 9.82. The predicted octanol–water partition coefficient (Wildman–Crippen LogP) is 2.56. The normalized spacial score (nSPS) is 11.2. The molecule has 2 aromatic carbocycles. The zero-order valence-electron chi connectivity index (χ0n) is 11.6. The number of nitrogen functional groups attached to an aromatic ring is 1. The van der Waals surface area contributed by atoms with E-state index in [2.05, 4.69) is 5.32 Å². The van der Waals surface area contributed by atoms with Crippen LogP contribution in [-0.4, -0.2) is 21.8 Å². The quantitative estimate of drug-likeness (QED) is 0.848. The smallest absolute Gasteiger partial charge is 0.177 e. The number of ether oxygens (including phenoxy) is 1. The Hall–Kier alpha value is -2.28. The van der Waals surface area contributed by atoms with Crippen molar-refractivity contribution in [1.29, 1.82) is 0 Å². The molecule has 0 saturated carbocycles. The van der Waals surface area contributed by atoms with Crippen molar-refractivity contribution in [2.45, 2.75) is 4.90 Å². The Morgan fingerprint density at radius 3 is 2.52 bits per heavy atom. The van der Waals surface area contributed by atoms with Crippen molar-refractivity contribution in [2.75, 3.05) is 24.4 Å². The average Bonchev–Trinajstić information content (AvgIpc) is 2.40. The number of para-hydroxylation sites is 1. The van der Waals surface area contributed by atoms with Crippen molar-refractivity contribution in [3.8, 4) is 5.75 Å². The molecule has 0 radical (unpaired) electrons. The molecular formula is C14H15FN2O3S. The number of rotatable bonds is 4. The van der Waals surface area contributed by atoms with Crippen LogP contribution in [0.1, 0.15) is 0 Å². The van der Waals surface area contributed by atoms with Crippen LogP contribution in [0.15, 0.2) is 41.3 Å². The van der Waals surface area contributed by atoms with Gasteiger partial charge < -0.3 is 15.8 Å². The lowest BCUT2D eigenvalue weighted by Gasteiger charge is -2.12. The molecule has 2 aromatic rings. The van der Waals surface area contributed by atoms with E-state index in [1.54, 1.807) is 18.2 Å². The number of halogens is 1. The molecule has 7 heteroatoms. The van der Waals surface area contributed by atoms with Gasteiger partial charge in [-0.25, -0.2) is 12.8 Å². The number of nitrogens with two attached hydrogens (primary N) is 1. The zero-order chi connectivity index (χ0) is 15.6. The molecule has 0 fully saturated rings. The first kappa shape index (κ1) is 15.1. The summed E-state index contributed by atoms with van der Waals surface area (Å²) in [6.07, 6.45) is 1.08. The molecule has 0 aliphatic carbocycles. The number of methoxy groups -OCH3 is 1. The van der Waals surface area contributed by atoms with Crippen LogP contribution in [0.2, 0.25) is 0 Å². The first-order valence-electron chi connectivity index (χ1n) is 6.02. The van der Waals surface area contributed by atoms with Crippen LogP contribution in [0.4, 0.5) is 21.5 Å². The molecule has 3 N–H and O–H groups in total. The first-order valence-corrected chi connectivity index (χ1v) is 7.91. The van der Waals surface area contributed by atoms with Crippen LogP contribution >= 0.6 is 0 Å². The minimum Gasteiger partial charge on any atom is -0.494 e. The van der Waals surface area contributed by atoms with Gasteiger partial charge >= 0.3 is 0 Å². The van der Waals surface area contributed by atoms with Crippen LogP contribution in [0, 0.1) is 5.82 Å². The minimum absolute atomic E-state index is 0.0292. The standard InChI is InChI=1S/C14H15FN2O3S/c1-20-12-7-6-9(8-10(12)15)17-11-4-3-5-13(14(11)16)21(2,18)19/h3-8,17H,16H2,1-2H3. The number of hydrogen-bond acceptors (Lipinski definition) is 5. The highest BCUT2D eigenvalue weighted by atomic mass is 32.2. The fraction of sp³-hybridized carbons (Fsp3) is 0.143. The molecular weight excluding hydrogens is 295 g/mol. The fourth-order valence-electron chi connectivity index (χ4n) is 1.88. The van der Waals surface area contributed by atoms with E-state index in [9.17, 15) is 12.8 Å². The minimum atomic E-state index is -3.43. The lowest BCUT2D eigenvalue weighted by Crippen LogP contribution is -2.05. The van der Waals surface area contributed by atoms with E-state index >= 15 is 0 Å². The molecule has 0 unspecified atom stereocenters. The largest absolute Gasteiger partial charge is 0.494 e. The topological polar surface area (TPSA) is 81.4 Å². The summed E-state index contributed by atoms with van der Waals surface area (Å²) in [5, 5.41) is 2.89. The fourth-order valence-corrected chi connectivity index (χ4v) is 2.71. The Morgan fingerprint density at radius 1 is 1.24 bits per heavy atom. The molecule has 112 valence electrons. The average molecular weight is 310 g/mol. The molecule has 0 amide bonds. The van der Waals surface area contributed by atoms with Gasteiger partial charge in [-0.2, -0.15) is 0 Å². The third-order valence-corrected chi connectivity index (χ3v) is 4.05. The second-order valence-corrected chi connectivity index (χ2v) is 6.45. The molecule has 0 aliphatic heterocycles. The summed E-state index contributed by atoms with van der Waals surface area (Å²) < 4.78 is 41.7. The van der Waals surface area contributed by atoms with Gasteiger partial charge in [0.2, 0.25) is 0 Å². The summed E-state index contributed by atoms with van der Waals surface area (Å²) in [6.45, 7) is 0. The van der Waals surface area contributed by atoms with Crippen molar-refractivity contribution in [1.82, 2.24) is 0 Å². The molecule has 0 aliphatic rings. The van der Waals surface area contributed by atoms with Crippen molar-refractivity contribution in [2.24, 2.45) is 0 Å². The highest BCUT2D eigenvalue weighted by Crippen LogP contribution is 2.30. The molecule has 0 atom stereocenters. The highest BCUT2D eigenvalue weighted by Gasteiger charge is 2.14. The van der Waals surface area contributed by atoms with Gasteiger partial charge in [0, 0.05) is 18.0 Å². The molecule has 2 rings (SSSR count). The summed E-state index contributed by atoms with van der Waals surface area (Å²) in [4.78, 5) is 0.0292. The van der Waals surface area contributed by atoms with Crippen LogP contribution in [0.25, 0.3) is 0 Å². The number of nitrogens with one attached hydrogen (secondary N) is 1. The number of anilines is 3. The monoisotopic (exact) mass is 310 g/mol. The molecule has 0 aromatic heterocycles. The second-order valence-electron chi connectivity index (χ2n) is 4.46. The Bertz CT molecular complexity index is 776. The second kappa shape index (κ2) is 5.61. The predicted molar refractivity (Wildman–Crippen MR) is 80.2 cm³/mol. The molecule has 5 nitrogen and oxygen atoms in total. The van der Waals surface area contributed by atoms with Crippen LogP contribution in [-0.2, 0) is 9.84 Å². The summed E-state index contributed by atoms with van der Waals surface area (Å²) in [5.74, 6) is -0.404. The van der Waals surface area contributed by atoms with Crippen molar-refractivity contribution >= 4 is 26.9 Å². The van der Waals surface area contributed by atoms with Gasteiger partial charge in [-0.05, 0) is 24.3 Å². The van der Waals surface area contributed by atoms with Crippen molar-refractivity contribution in [3.05, 3.63) is 42.2 Å². The maximum Gasteiger partial charge on any atom is 0.177 e. The van der Waals surface area contributed by atoms with E-state index in [0.717, 1.165) is 6.26 Å². The molecule has 0 heterocycles. The van der Waals surface area contributed by atoms with E-state index in [0.29, 0.717) is 11.4 Å². The summed E-state index contributed by atoms with van der Waals surface area (Å²) in [5.41, 5.74) is 6.77. The van der Waals surface area contributed by atoms with Gasteiger partial charge in [-0.3, -0.25) is 0 Å². The van der Waals surface area contributed by atoms with Crippen LogP contribution in [0.5, 0.6) is 5.75 Å². The van der Waals surface area contributed by atoms with E-state index in [1.807, 2.05) is 0 Å². The SMILES string of the molecule is COc1ccc(Nc2cccc(S(C)(=O)=O)c2N)cc1F.